The molecule has 1 saturated heterocycles. The summed E-state index contributed by atoms with van der Waals surface area (Å²) >= 11 is 0. The molecule has 144 valence electrons. The number of aromatic amines is 1. The van der Waals surface area contributed by atoms with Crippen LogP contribution in [0.2, 0.25) is 0 Å². The van der Waals surface area contributed by atoms with Crippen LogP contribution < -0.4 is 10.6 Å². The van der Waals surface area contributed by atoms with Crippen molar-refractivity contribution in [3.63, 3.8) is 0 Å². The van der Waals surface area contributed by atoms with Gasteiger partial charge in [0.15, 0.2) is 0 Å². The van der Waals surface area contributed by atoms with Gasteiger partial charge in [-0.3, -0.25) is 4.79 Å². The summed E-state index contributed by atoms with van der Waals surface area (Å²) < 4.78 is 0. The second-order valence-electron chi connectivity index (χ2n) is 7.94. The van der Waals surface area contributed by atoms with Crippen molar-refractivity contribution in [3.05, 3.63) is 65.0 Å². The van der Waals surface area contributed by atoms with Crippen LogP contribution in [0.15, 0.2) is 42.5 Å². The number of aryl methyl sites for hydroxylation is 1. The predicted molar refractivity (Wildman–Crippen MR) is 107 cm³/mol. The molecule has 3 aromatic rings. The van der Waals surface area contributed by atoms with Gasteiger partial charge in [0.05, 0.1) is 23.2 Å². The van der Waals surface area contributed by atoms with Crippen LogP contribution in [-0.4, -0.2) is 40.2 Å². The van der Waals surface area contributed by atoms with Crippen molar-refractivity contribution in [1.82, 2.24) is 20.6 Å². The van der Waals surface area contributed by atoms with Crippen LogP contribution in [0.25, 0.3) is 11.0 Å². The molecule has 2 aromatic carbocycles. The van der Waals surface area contributed by atoms with Crippen molar-refractivity contribution in [2.75, 3.05) is 13.1 Å². The average molecular weight is 376 g/mol. The molecule has 28 heavy (non-hydrogen) atoms. The Balaban J connectivity index is 1.47. The molecule has 6 nitrogen and oxygen atoms in total. The van der Waals surface area contributed by atoms with Gasteiger partial charge in [-0.25, -0.2) is 4.98 Å². The number of rotatable bonds is 2. The van der Waals surface area contributed by atoms with Gasteiger partial charge in [0.25, 0.3) is 5.91 Å². The number of carbonyl (C=O) groups is 1. The first-order valence-corrected chi connectivity index (χ1v) is 9.84. The molecule has 1 fully saturated rings. The van der Waals surface area contributed by atoms with Gasteiger partial charge in [0, 0.05) is 11.0 Å². The van der Waals surface area contributed by atoms with Gasteiger partial charge in [-0.2, -0.15) is 0 Å². The number of carbonyl (C=O) groups excluding carboxylic acids is 1. The lowest BCUT2D eigenvalue weighted by Gasteiger charge is -2.38. The fraction of sp³-hybridized carbons (Fsp3) is 0.364. The number of hydrogen-bond acceptors (Lipinski definition) is 4. The molecule has 2 heterocycles. The third-order valence-corrected chi connectivity index (χ3v) is 6.36. The highest BCUT2D eigenvalue weighted by Gasteiger charge is 2.52. The minimum absolute atomic E-state index is 0.181. The summed E-state index contributed by atoms with van der Waals surface area (Å²) in [6, 6.07) is 13.2. The number of amides is 1. The first-order valence-electron chi connectivity index (χ1n) is 9.84. The van der Waals surface area contributed by atoms with E-state index >= 15 is 0 Å². The van der Waals surface area contributed by atoms with Crippen LogP contribution in [-0.2, 0) is 5.41 Å². The minimum Gasteiger partial charge on any atom is -0.390 e. The Kier molecular flexibility index (Phi) is 4.00. The highest BCUT2D eigenvalue weighted by atomic mass is 16.3. The van der Waals surface area contributed by atoms with Gasteiger partial charge in [0.1, 0.15) is 5.82 Å². The maximum atomic E-state index is 13.0. The zero-order chi connectivity index (χ0) is 19.3. The number of fused-ring (bicyclic) bond motifs is 3. The summed E-state index contributed by atoms with van der Waals surface area (Å²) in [5, 5.41) is 17.8. The standard InChI is InChI=1S/C22H24N4O2/c1-13-24-17-7-6-14(12-18(17)25-13)21(28)26-19-15-4-2-3-5-16(15)22(20(19)27)8-10-23-11-9-22/h2-7,12,19-20,23,27H,8-11H2,1H3,(H,24,25)(H,26,28)/t19-,20+/m1/s1. The second kappa shape index (κ2) is 6.43. The van der Waals surface area contributed by atoms with Gasteiger partial charge < -0.3 is 20.7 Å². The zero-order valence-corrected chi connectivity index (χ0v) is 15.8. The number of nitrogens with zero attached hydrogens (tertiary/aromatic N) is 1. The fourth-order valence-corrected chi connectivity index (χ4v) is 4.97. The lowest BCUT2D eigenvalue weighted by Crippen LogP contribution is -2.48. The van der Waals surface area contributed by atoms with Crippen molar-refractivity contribution >= 4 is 16.9 Å². The zero-order valence-electron chi connectivity index (χ0n) is 15.8. The quantitative estimate of drug-likeness (QED) is 0.553. The lowest BCUT2D eigenvalue weighted by molar-refractivity contribution is 0.0418. The number of aliphatic hydroxyl groups is 1. The van der Waals surface area contributed by atoms with E-state index in [2.05, 4.69) is 26.7 Å². The number of hydrogen-bond donors (Lipinski definition) is 4. The number of imidazole rings is 1. The van der Waals surface area contributed by atoms with Crippen LogP contribution in [0, 0.1) is 6.92 Å². The largest absolute Gasteiger partial charge is 0.390 e. The van der Waals surface area contributed by atoms with Gasteiger partial charge in [-0.05, 0) is 62.2 Å². The molecule has 1 aliphatic heterocycles. The van der Waals surface area contributed by atoms with Crippen LogP contribution >= 0.6 is 0 Å². The summed E-state index contributed by atoms with van der Waals surface area (Å²) in [5.74, 6) is 0.638. The molecule has 4 N–H and O–H groups in total. The monoisotopic (exact) mass is 376 g/mol. The van der Waals surface area contributed by atoms with E-state index in [1.165, 1.54) is 5.56 Å². The van der Waals surface area contributed by atoms with Crippen LogP contribution in [0.5, 0.6) is 0 Å². The molecule has 0 radical (unpaired) electrons. The SMILES string of the molecule is Cc1nc2ccc(C(=O)N[C@@H]3c4ccccc4C4(CCNCC4)[C@H]3O)cc2[nH]1. The molecule has 2 atom stereocenters. The maximum Gasteiger partial charge on any atom is 0.251 e. The van der Waals surface area contributed by atoms with E-state index in [9.17, 15) is 9.90 Å². The Hall–Kier alpha value is -2.70. The first kappa shape index (κ1) is 17.4. The number of piperidine rings is 1. The Bertz CT molecular complexity index is 1050. The molecule has 2 aliphatic rings. The Morgan fingerprint density at radius 3 is 2.82 bits per heavy atom. The summed E-state index contributed by atoms with van der Waals surface area (Å²) in [5.41, 5.74) is 4.16. The predicted octanol–water partition coefficient (Wildman–Crippen LogP) is 2.34. The molecule has 1 amide bonds. The number of benzene rings is 2. The topological polar surface area (TPSA) is 90.0 Å². The summed E-state index contributed by atoms with van der Waals surface area (Å²) in [6.45, 7) is 3.65. The summed E-state index contributed by atoms with van der Waals surface area (Å²) in [4.78, 5) is 20.6. The number of aromatic nitrogens is 2. The van der Waals surface area contributed by atoms with E-state index in [-0.39, 0.29) is 11.3 Å². The number of H-pyrrole nitrogens is 1. The molecular formula is C22H24N4O2. The van der Waals surface area contributed by atoms with E-state index in [1.807, 2.05) is 37.3 Å². The summed E-state index contributed by atoms with van der Waals surface area (Å²) in [7, 11) is 0. The molecule has 0 saturated carbocycles. The van der Waals surface area contributed by atoms with Gasteiger partial charge >= 0.3 is 0 Å². The van der Waals surface area contributed by atoms with E-state index in [0.29, 0.717) is 5.56 Å². The first-order chi connectivity index (χ1) is 13.6. The Morgan fingerprint density at radius 2 is 2.00 bits per heavy atom. The van der Waals surface area contributed by atoms with Gasteiger partial charge in [-0.15, -0.1) is 0 Å². The minimum atomic E-state index is -0.630. The highest BCUT2D eigenvalue weighted by molar-refractivity contribution is 5.97. The Labute approximate surface area is 163 Å². The van der Waals surface area contributed by atoms with Crippen molar-refractivity contribution in [1.29, 1.82) is 0 Å². The maximum absolute atomic E-state index is 13.0. The van der Waals surface area contributed by atoms with Crippen molar-refractivity contribution < 1.29 is 9.90 Å². The van der Waals surface area contributed by atoms with Gasteiger partial charge in [-0.1, -0.05) is 24.3 Å². The third kappa shape index (κ3) is 2.56. The molecule has 5 rings (SSSR count). The average Bonchev–Trinajstić information content (AvgIpc) is 3.19. The molecule has 1 aromatic heterocycles. The van der Waals surface area contributed by atoms with E-state index in [4.69, 9.17) is 0 Å². The lowest BCUT2D eigenvalue weighted by atomic mass is 9.72. The van der Waals surface area contributed by atoms with Crippen LogP contribution in [0.1, 0.15) is 46.2 Å². The van der Waals surface area contributed by atoms with Crippen molar-refractivity contribution in [2.45, 2.75) is 37.3 Å². The van der Waals surface area contributed by atoms with Crippen LogP contribution in [0.3, 0.4) is 0 Å². The molecule has 1 spiro atoms. The third-order valence-electron chi connectivity index (χ3n) is 6.36. The normalized spacial score (nSPS) is 23.1. The van der Waals surface area contributed by atoms with Gasteiger partial charge in [0.2, 0.25) is 0 Å². The second-order valence-corrected chi connectivity index (χ2v) is 7.94. The highest BCUT2D eigenvalue weighted by Crippen LogP contribution is 2.50. The number of aliphatic hydroxyl groups excluding tert-OH is 1. The summed E-state index contributed by atoms with van der Waals surface area (Å²) in [6.07, 6.45) is 1.11. The Morgan fingerprint density at radius 1 is 1.21 bits per heavy atom. The molecule has 6 heteroatoms. The fourth-order valence-electron chi connectivity index (χ4n) is 4.97. The molecule has 0 bridgehead atoms. The molecule has 0 unspecified atom stereocenters. The number of nitrogens with one attached hydrogen (secondary N) is 3. The van der Waals surface area contributed by atoms with E-state index in [1.54, 1.807) is 6.07 Å². The van der Waals surface area contributed by atoms with E-state index in [0.717, 1.165) is 48.4 Å². The van der Waals surface area contributed by atoms with Crippen molar-refractivity contribution in [2.24, 2.45) is 0 Å². The van der Waals surface area contributed by atoms with Crippen LogP contribution in [0.4, 0.5) is 0 Å². The van der Waals surface area contributed by atoms with Crippen molar-refractivity contribution in [3.8, 4) is 0 Å². The van der Waals surface area contributed by atoms with E-state index < -0.39 is 12.1 Å². The smallest absolute Gasteiger partial charge is 0.251 e. The molecular weight excluding hydrogens is 352 g/mol. The molecule has 1 aliphatic carbocycles.